The minimum atomic E-state index is 0.355. The molecule has 0 saturated heterocycles. The Kier molecular flexibility index (Phi) is 1.55. The zero-order valence-electron chi connectivity index (χ0n) is 6.52. The molecule has 1 nitrogen and oxygen atoms in total. The molecule has 1 heteroatoms. The molecular weight excluding hydrogens is 112 g/mol. The third-order valence-corrected chi connectivity index (χ3v) is 2.56. The van der Waals surface area contributed by atoms with Gasteiger partial charge in [-0.2, -0.15) is 0 Å². The van der Waals surface area contributed by atoms with Crippen LogP contribution in [0, 0.1) is 17.3 Å². The van der Waals surface area contributed by atoms with Crippen LogP contribution in [0.3, 0.4) is 0 Å². The van der Waals surface area contributed by atoms with Crippen LogP contribution in [0.5, 0.6) is 0 Å². The number of aliphatic hydroxyl groups is 1. The summed E-state index contributed by atoms with van der Waals surface area (Å²) in [6, 6.07) is 0. The highest BCUT2D eigenvalue weighted by Gasteiger charge is 2.47. The van der Waals surface area contributed by atoms with Crippen molar-refractivity contribution in [1.29, 1.82) is 0 Å². The van der Waals surface area contributed by atoms with Crippen LogP contribution in [-0.2, 0) is 0 Å². The van der Waals surface area contributed by atoms with Gasteiger partial charge >= 0.3 is 0 Å². The van der Waals surface area contributed by atoms with Crippen LogP contribution in [-0.4, -0.2) is 11.7 Å². The average Bonchev–Trinajstić information content (AvgIpc) is 2.38. The molecule has 1 unspecified atom stereocenters. The summed E-state index contributed by atoms with van der Waals surface area (Å²) in [5.74, 6) is 1.29. The van der Waals surface area contributed by atoms with E-state index in [2.05, 4.69) is 20.8 Å². The van der Waals surface area contributed by atoms with Crippen LogP contribution in [0.4, 0.5) is 0 Å². The Morgan fingerprint density at radius 1 is 1.67 bits per heavy atom. The van der Waals surface area contributed by atoms with E-state index in [1.54, 1.807) is 0 Å². The Morgan fingerprint density at radius 3 is 2.22 bits per heavy atom. The van der Waals surface area contributed by atoms with Gasteiger partial charge in [0.25, 0.3) is 0 Å². The lowest BCUT2D eigenvalue weighted by molar-refractivity contribution is 0.210. The molecular formula is C8H16O. The van der Waals surface area contributed by atoms with Crippen LogP contribution in [0.15, 0.2) is 0 Å². The van der Waals surface area contributed by atoms with E-state index in [1.165, 1.54) is 6.42 Å². The highest BCUT2D eigenvalue weighted by molar-refractivity contribution is 4.97. The van der Waals surface area contributed by atoms with Gasteiger partial charge in [0, 0.05) is 6.61 Å². The first-order valence-corrected chi connectivity index (χ1v) is 3.69. The summed E-state index contributed by atoms with van der Waals surface area (Å²) in [7, 11) is 0. The van der Waals surface area contributed by atoms with Crippen molar-refractivity contribution in [3.05, 3.63) is 0 Å². The fraction of sp³-hybridized carbons (Fsp3) is 1.00. The molecule has 0 amide bonds. The smallest absolute Gasteiger partial charge is 0.0459 e. The second-order valence-corrected chi connectivity index (χ2v) is 3.96. The molecule has 0 aromatic heterocycles. The van der Waals surface area contributed by atoms with Gasteiger partial charge < -0.3 is 5.11 Å². The van der Waals surface area contributed by atoms with E-state index in [1.807, 2.05) is 0 Å². The Labute approximate surface area is 57.1 Å². The summed E-state index contributed by atoms with van der Waals surface area (Å²) >= 11 is 0. The third-order valence-electron chi connectivity index (χ3n) is 2.56. The van der Waals surface area contributed by atoms with Crippen molar-refractivity contribution in [1.82, 2.24) is 0 Å². The van der Waals surface area contributed by atoms with Gasteiger partial charge in [0.05, 0.1) is 0 Å². The molecule has 2 atom stereocenters. The van der Waals surface area contributed by atoms with Gasteiger partial charge in [0.2, 0.25) is 0 Å². The first-order chi connectivity index (χ1) is 4.08. The van der Waals surface area contributed by atoms with E-state index in [9.17, 15) is 0 Å². The van der Waals surface area contributed by atoms with Crippen molar-refractivity contribution < 1.29 is 5.11 Å². The number of rotatable bonds is 2. The summed E-state index contributed by atoms with van der Waals surface area (Å²) in [5, 5.41) is 8.78. The Hall–Kier alpha value is -0.0400. The van der Waals surface area contributed by atoms with Crippen molar-refractivity contribution in [2.24, 2.45) is 17.3 Å². The van der Waals surface area contributed by atoms with Gasteiger partial charge in [0.15, 0.2) is 0 Å². The molecule has 1 N–H and O–H groups in total. The summed E-state index contributed by atoms with van der Waals surface area (Å²) in [6.45, 7) is 7.02. The third kappa shape index (κ3) is 1.26. The lowest BCUT2D eigenvalue weighted by Gasteiger charge is -2.08. The summed E-state index contributed by atoms with van der Waals surface area (Å²) in [6.07, 6.45) is 1.30. The van der Waals surface area contributed by atoms with E-state index in [4.69, 9.17) is 5.11 Å². The first kappa shape index (κ1) is 7.07. The summed E-state index contributed by atoms with van der Waals surface area (Å²) < 4.78 is 0. The van der Waals surface area contributed by atoms with Crippen LogP contribution < -0.4 is 0 Å². The summed E-state index contributed by atoms with van der Waals surface area (Å²) in [4.78, 5) is 0. The number of hydrogen-bond acceptors (Lipinski definition) is 1. The monoisotopic (exact) mass is 128 g/mol. The molecule has 1 saturated carbocycles. The van der Waals surface area contributed by atoms with Crippen LogP contribution in [0.2, 0.25) is 0 Å². The molecule has 0 bridgehead atoms. The molecule has 0 aliphatic heterocycles. The topological polar surface area (TPSA) is 20.2 Å². The van der Waals surface area contributed by atoms with Crippen molar-refractivity contribution in [3.8, 4) is 0 Å². The van der Waals surface area contributed by atoms with Gasteiger partial charge in [-0.3, -0.25) is 0 Å². The molecule has 0 spiro atoms. The number of hydrogen-bond donors (Lipinski definition) is 1. The van der Waals surface area contributed by atoms with Gasteiger partial charge in [-0.15, -0.1) is 0 Å². The zero-order chi connectivity index (χ0) is 7.07. The minimum Gasteiger partial charge on any atom is -0.396 e. The van der Waals surface area contributed by atoms with Crippen LogP contribution in [0.25, 0.3) is 0 Å². The van der Waals surface area contributed by atoms with Crippen molar-refractivity contribution in [3.63, 3.8) is 0 Å². The van der Waals surface area contributed by atoms with Crippen LogP contribution in [0.1, 0.15) is 27.2 Å². The maximum Gasteiger partial charge on any atom is 0.0459 e. The van der Waals surface area contributed by atoms with Gasteiger partial charge in [-0.25, -0.2) is 0 Å². The van der Waals surface area contributed by atoms with Crippen molar-refractivity contribution in [2.45, 2.75) is 27.2 Å². The molecule has 0 aromatic rings. The fourth-order valence-corrected chi connectivity index (χ4v) is 1.61. The molecule has 9 heavy (non-hydrogen) atoms. The maximum atomic E-state index is 8.78. The predicted molar refractivity (Wildman–Crippen MR) is 38.1 cm³/mol. The molecule has 1 aliphatic rings. The molecule has 0 aromatic carbocycles. The lowest BCUT2D eigenvalue weighted by atomic mass is 10.0. The van der Waals surface area contributed by atoms with Gasteiger partial charge in [0.1, 0.15) is 0 Å². The van der Waals surface area contributed by atoms with Crippen molar-refractivity contribution in [2.75, 3.05) is 6.61 Å². The molecule has 1 fully saturated rings. The largest absolute Gasteiger partial charge is 0.396 e. The second kappa shape index (κ2) is 1.98. The predicted octanol–water partition coefficient (Wildman–Crippen LogP) is 1.66. The Bertz CT molecular complexity index is 107. The quantitative estimate of drug-likeness (QED) is 0.599. The van der Waals surface area contributed by atoms with Crippen LogP contribution >= 0.6 is 0 Å². The van der Waals surface area contributed by atoms with E-state index >= 15 is 0 Å². The van der Waals surface area contributed by atoms with Gasteiger partial charge in [-0.05, 0) is 23.7 Å². The molecule has 1 rings (SSSR count). The molecule has 54 valence electrons. The zero-order valence-corrected chi connectivity index (χ0v) is 6.52. The Balaban J connectivity index is 2.33. The van der Waals surface area contributed by atoms with E-state index < -0.39 is 0 Å². The lowest BCUT2D eigenvalue weighted by Crippen LogP contribution is -2.06. The van der Waals surface area contributed by atoms with E-state index in [-0.39, 0.29) is 0 Å². The van der Waals surface area contributed by atoms with E-state index in [0.29, 0.717) is 17.9 Å². The highest BCUT2D eigenvalue weighted by atomic mass is 16.3. The second-order valence-electron chi connectivity index (χ2n) is 3.96. The number of aliphatic hydroxyl groups excluding tert-OH is 1. The normalized spacial score (nSPS) is 34.0. The standard InChI is InChI=1S/C8H16O/c1-6(5-9)7-4-8(7,2)3/h6-7,9H,4-5H2,1-3H3/t6-,7?/m1/s1. The molecule has 0 radical (unpaired) electrons. The minimum absolute atomic E-state index is 0.355. The molecule has 0 heterocycles. The van der Waals surface area contributed by atoms with Gasteiger partial charge in [-0.1, -0.05) is 20.8 Å². The van der Waals surface area contributed by atoms with Crippen molar-refractivity contribution >= 4 is 0 Å². The maximum absolute atomic E-state index is 8.78. The highest BCUT2D eigenvalue weighted by Crippen LogP contribution is 2.55. The first-order valence-electron chi connectivity index (χ1n) is 3.69. The SMILES string of the molecule is C[C@H](CO)C1CC1(C)C. The fourth-order valence-electron chi connectivity index (χ4n) is 1.61. The Morgan fingerprint density at radius 2 is 2.11 bits per heavy atom. The molecule has 1 aliphatic carbocycles. The summed E-state index contributed by atoms with van der Waals surface area (Å²) in [5.41, 5.74) is 0.530. The van der Waals surface area contributed by atoms with E-state index in [0.717, 1.165) is 5.92 Å². The average molecular weight is 128 g/mol.